The molecule has 2 atom stereocenters. The Morgan fingerprint density at radius 2 is 1.80 bits per heavy atom. The van der Waals surface area contributed by atoms with E-state index in [1.807, 2.05) is 23.6 Å². The summed E-state index contributed by atoms with van der Waals surface area (Å²) in [6.07, 6.45) is 3.56. The van der Waals surface area contributed by atoms with E-state index >= 15 is 0 Å². The van der Waals surface area contributed by atoms with Crippen LogP contribution in [-0.2, 0) is 9.59 Å². The van der Waals surface area contributed by atoms with Crippen molar-refractivity contribution in [2.75, 3.05) is 6.54 Å². The molecule has 0 aromatic rings. The molecule has 2 rings (SSSR count). The fraction of sp³-hybridized carbons (Fsp3) is 0.875. The Bertz CT molecular complexity index is 401. The Morgan fingerprint density at radius 1 is 1.20 bits per heavy atom. The molecule has 4 heteroatoms. The average molecular weight is 280 g/mol. The Labute approximate surface area is 122 Å². The van der Waals surface area contributed by atoms with Crippen LogP contribution >= 0.6 is 0 Å². The molecular formula is C16H28N2O2. The minimum Gasteiger partial charge on any atom is -0.329 e. The van der Waals surface area contributed by atoms with Gasteiger partial charge in [0, 0.05) is 12.1 Å². The van der Waals surface area contributed by atoms with E-state index in [4.69, 9.17) is 0 Å². The maximum atomic E-state index is 13.0. The van der Waals surface area contributed by atoms with Crippen molar-refractivity contribution >= 4 is 11.8 Å². The zero-order valence-corrected chi connectivity index (χ0v) is 13.5. The number of piperazine rings is 1. The smallest absolute Gasteiger partial charge is 0.246 e. The van der Waals surface area contributed by atoms with Crippen LogP contribution in [0.1, 0.15) is 60.3 Å². The second kappa shape index (κ2) is 5.38. The summed E-state index contributed by atoms with van der Waals surface area (Å²) in [6.45, 7) is 11.2. The molecule has 0 aromatic heterocycles. The Balaban J connectivity index is 2.45. The molecule has 20 heavy (non-hydrogen) atoms. The molecule has 2 amide bonds. The van der Waals surface area contributed by atoms with Gasteiger partial charge in [-0.15, -0.1) is 0 Å². The van der Waals surface area contributed by atoms with Gasteiger partial charge in [0.05, 0.1) is 0 Å². The van der Waals surface area contributed by atoms with Crippen LogP contribution in [0.25, 0.3) is 0 Å². The second-order valence-corrected chi connectivity index (χ2v) is 6.79. The molecule has 4 nitrogen and oxygen atoms in total. The van der Waals surface area contributed by atoms with E-state index in [1.54, 1.807) is 0 Å². The third-order valence-corrected chi connectivity index (χ3v) is 5.33. The summed E-state index contributed by atoms with van der Waals surface area (Å²) in [6, 6.07) is -0.489. The highest BCUT2D eigenvalue weighted by Crippen LogP contribution is 2.36. The fourth-order valence-corrected chi connectivity index (χ4v) is 3.64. The van der Waals surface area contributed by atoms with E-state index < -0.39 is 0 Å². The van der Waals surface area contributed by atoms with Crippen LogP contribution in [0.4, 0.5) is 0 Å². The van der Waals surface area contributed by atoms with Crippen molar-refractivity contribution in [3.8, 4) is 0 Å². The quantitative estimate of drug-likeness (QED) is 0.793. The number of nitrogens with zero attached hydrogens (tertiary/aromatic N) is 2. The molecule has 114 valence electrons. The first-order valence-corrected chi connectivity index (χ1v) is 8.01. The van der Waals surface area contributed by atoms with Gasteiger partial charge in [0.15, 0.2) is 0 Å². The first-order valence-electron chi connectivity index (χ1n) is 8.01. The highest BCUT2D eigenvalue weighted by molar-refractivity contribution is 5.98. The number of carbonyl (C=O) groups is 2. The highest BCUT2D eigenvalue weighted by Gasteiger charge is 2.52. The van der Waals surface area contributed by atoms with E-state index in [1.165, 1.54) is 0 Å². The third kappa shape index (κ3) is 2.13. The van der Waals surface area contributed by atoms with Gasteiger partial charge in [-0.1, -0.05) is 27.7 Å². The highest BCUT2D eigenvalue weighted by atomic mass is 16.2. The van der Waals surface area contributed by atoms with Gasteiger partial charge >= 0.3 is 0 Å². The van der Waals surface area contributed by atoms with Gasteiger partial charge < -0.3 is 9.80 Å². The normalized spacial score (nSPS) is 27.5. The van der Waals surface area contributed by atoms with Gasteiger partial charge in [0.25, 0.3) is 0 Å². The maximum Gasteiger partial charge on any atom is 0.246 e. The molecule has 2 saturated heterocycles. The number of rotatable bonds is 4. The van der Waals surface area contributed by atoms with Crippen LogP contribution in [0.3, 0.4) is 0 Å². The van der Waals surface area contributed by atoms with Crippen LogP contribution in [-0.4, -0.2) is 45.8 Å². The summed E-state index contributed by atoms with van der Waals surface area (Å²) in [5.41, 5.74) is -0.212. The van der Waals surface area contributed by atoms with Gasteiger partial charge in [0.1, 0.15) is 12.1 Å². The SMILES string of the molecule is CCC(C)(CC)N1C(=O)C2CCCN2C(=O)C1C(C)C. The molecule has 0 aliphatic carbocycles. The first kappa shape index (κ1) is 15.3. The Hall–Kier alpha value is -1.06. The van der Waals surface area contributed by atoms with Crippen molar-refractivity contribution in [2.45, 2.75) is 77.9 Å². The molecule has 2 aliphatic heterocycles. The van der Waals surface area contributed by atoms with Crippen molar-refractivity contribution in [3.05, 3.63) is 0 Å². The molecule has 0 aromatic carbocycles. The predicted molar refractivity (Wildman–Crippen MR) is 79.2 cm³/mol. The number of hydrogen-bond acceptors (Lipinski definition) is 2. The monoisotopic (exact) mass is 280 g/mol. The minimum atomic E-state index is -0.290. The standard InChI is InChI=1S/C16H28N2O2/c1-6-16(5,7-2)18-13(11(3)4)15(20)17-10-8-9-12(17)14(18)19/h11-13H,6-10H2,1-5H3. The maximum absolute atomic E-state index is 13.0. The largest absolute Gasteiger partial charge is 0.329 e. The lowest BCUT2D eigenvalue weighted by Crippen LogP contribution is -2.69. The lowest BCUT2D eigenvalue weighted by atomic mass is 9.85. The summed E-state index contributed by atoms with van der Waals surface area (Å²) in [5.74, 6) is 0.493. The molecule has 0 N–H and O–H groups in total. The third-order valence-electron chi connectivity index (χ3n) is 5.33. The van der Waals surface area contributed by atoms with Crippen molar-refractivity contribution in [3.63, 3.8) is 0 Å². The Kier molecular flexibility index (Phi) is 4.12. The van der Waals surface area contributed by atoms with Crippen LogP contribution in [0.2, 0.25) is 0 Å². The lowest BCUT2D eigenvalue weighted by molar-refractivity contribution is -0.169. The number of fused-ring (bicyclic) bond motifs is 1. The molecule has 2 aliphatic rings. The van der Waals surface area contributed by atoms with Crippen LogP contribution in [0.5, 0.6) is 0 Å². The molecule has 2 unspecified atom stereocenters. The van der Waals surface area contributed by atoms with Crippen LogP contribution in [0.15, 0.2) is 0 Å². The van der Waals surface area contributed by atoms with E-state index in [-0.39, 0.29) is 35.4 Å². The topological polar surface area (TPSA) is 40.6 Å². The predicted octanol–water partition coefficient (Wildman–Crippen LogP) is 2.42. The van der Waals surface area contributed by atoms with E-state index in [2.05, 4.69) is 20.8 Å². The van der Waals surface area contributed by atoms with Gasteiger partial charge in [0.2, 0.25) is 11.8 Å². The van der Waals surface area contributed by atoms with Crippen molar-refractivity contribution in [1.29, 1.82) is 0 Å². The van der Waals surface area contributed by atoms with E-state index in [0.29, 0.717) is 0 Å². The zero-order valence-electron chi connectivity index (χ0n) is 13.5. The summed E-state index contributed by atoms with van der Waals surface area (Å²) < 4.78 is 0. The summed E-state index contributed by atoms with van der Waals surface area (Å²) in [5, 5.41) is 0. The van der Waals surface area contributed by atoms with Crippen molar-refractivity contribution < 1.29 is 9.59 Å². The minimum absolute atomic E-state index is 0.158. The molecule has 0 spiro atoms. The second-order valence-electron chi connectivity index (χ2n) is 6.79. The molecule has 2 fully saturated rings. The molecule has 2 heterocycles. The molecular weight excluding hydrogens is 252 g/mol. The average Bonchev–Trinajstić information content (AvgIpc) is 2.91. The van der Waals surface area contributed by atoms with Gasteiger partial charge in [-0.25, -0.2) is 0 Å². The summed E-state index contributed by atoms with van der Waals surface area (Å²) >= 11 is 0. The van der Waals surface area contributed by atoms with E-state index in [9.17, 15) is 9.59 Å². The van der Waals surface area contributed by atoms with Gasteiger partial charge in [-0.2, -0.15) is 0 Å². The number of hydrogen-bond donors (Lipinski definition) is 0. The number of amides is 2. The Morgan fingerprint density at radius 3 is 2.30 bits per heavy atom. The molecule has 0 saturated carbocycles. The first-order chi connectivity index (χ1) is 9.37. The van der Waals surface area contributed by atoms with Gasteiger partial charge in [-0.3, -0.25) is 9.59 Å². The van der Waals surface area contributed by atoms with Crippen LogP contribution in [0, 0.1) is 5.92 Å². The fourth-order valence-electron chi connectivity index (χ4n) is 3.64. The number of carbonyl (C=O) groups excluding carboxylic acids is 2. The molecule has 0 bridgehead atoms. The van der Waals surface area contributed by atoms with E-state index in [0.717, 1.165) is 32.2 Å². The van der Waals surface area contributed by atoms with Crippen molar-refractivity contribution in [2.24, 2.45) is 5.92 Å². The molecule has 0 radical (unpaired) electrons. The van der Waals surface area contributed by atoms with Crippen LogP contribution < -0.4 is 0 Å². The van der Waals surface area contributed by atoms with Crippen molar-refractivity contribution in [1.82, 2.24) is 9.80 Å². The lowest BCUT2D eigenvalue weighted by Gasteiger charge is -2.52. The summed E-state index contributed by atoms with van der Waals surface area (Å²) in [7, 11) is 0. The van der Waals surface area contributed by atoms with Gasteiger partial charge in [-0.05, 0) is 38.5 Å². The summed E-state index contributed by atoms with van der Waals surface area (Å²) in [4.78, 5) is 29.5. The zero-order chi connectivity index (χ0) is 15.1.